The minimum absolute atomic E-state index is 0.444. The molecule has 7 nitrogen and oxygen atoms in total. The van der Waals surface area contributed by atoms with Crippen LogP contribution in [-0.2, 0) is 11.3 Å². The van der Waals surface area contributed by atoms with Crippen molar-refractivity contribution in [3.63, 3.8) is 0 Å². The Bertz CT molecular complexity index is 577. The van der Waals surface area contributed by atoms with Gasteiger partial charge in [-0.1, -0.05) is 0 Å². The summed E-state index contributed by atoms with van der Waals surface area (Å²) in [6.45, 7) is 2.39. The van der Waals surface area contributed by atoms with E-state index in [2.05, 4.69) is 15.0 Å². The number of nitrogen functional groups attached to an aromatic ring is 1. The highest BCUT2D eigenvalue weighted by Crippen LogP contribution is 2.25. The second-order valence-electron chi connectivity index (χ2n) is 4.72. The van der Waals surface area contributed by atoms with E-state index in [1.54, 1.807) is 7.11 Å². The molecule has 7 heteroatoms. The van der Waals surface area contributed by atoms with E-state index in [1.165, 1.54) is 6.33 Å². The van der Waals surface area contributed by atoms with Crippen molar-refractivity contribution in [3.8, 4) is 5.88 Å². The standard InChI is InChI=1S/C12H17N5O2/c1-18-11-9-10(14-7-15-11)17(12(13)16-9)5-8-3-2-4-19-6-8/h7-8H,2-6H2,1H3,(H2,13,16). The Morgan fingerprint density at radius 1 is 1.53 bits per heavy atom. The molecule has 1 unspecified atom stereocenters. The first kappa shape index (κ1) is 12.2. The van der Waals surface area contributed by atoms with Crippen molar-refractivity contribution in [2.24, 2.45) is 5.92 Å². The fourth-order valence-electron chi connectivity index (χ4n) is 2.47. The molecule has 0 aliphatic carbocycles. The number of aromatic nitrogens is 4. The van der Waals surface area contributed by atoms with Crippen LogP contribution in [0.1, 0.15) is 12.8 Å². The maximum absolute atomic E-state index is 5.98. The SMILES string of the molecule is COc1ncnc2c1nc(N)n2CC1CCCOC1. The number of hydrogen-bond donors (Lipinski definition) is 1. The molecule has 19 heavy (non-hydrogen) atoms. The molecule has 1 aliphatic heterocycles. The summed E-state index contributed by atoms with van der Waals surface area (Å²) in [7, 11) is 1.56. The molecule has 3 heterocycles. The number of anilines is 1. The third kappa shape index (κ3) is 2.21. The highest BCUT2D eigenvalue weighted by molar-refractivity contribution is 5.78. The number of nitrogens with zero attached hydrogens (tertiary/aromatic N) is 4. The molecular weight excluding hydrogens is 246 g/mol. The van der Waals surface area contributed by atoms with Gasteiger partial charge >= 0.3 is 0 Å². The molecule has 3 rings (SSSR count). The van der Waals surface area contributed by atoms with Gasteiger partial charge < -0.3 is 15.2 Å². The molecule has 0 saturated carbocycles. The van der Waals surface area contributed by atoms with Gasteiger partial charge in [-0.25, -0.2) is 9.97 Å². The van der Waals surface area contributed by atoms with Crippen molar-refractivity contribution in [3.05, 3.63) is 6.33 Å². The number of hydrogen-bond acceptors (Lipinski definition) is 6. The second-order valence-corrected chi connectivity index (χ2v) is 4.72. The monoisotopic (exact) mass is 263 g/mol. The lowest BCUT2D eigenvalue weighted by atomic mass is 10.0. The third-order valence-corrected chi connectivity index (χ3v) is 3.42. The molecule has 2 N–H and O–H groups in total. The quantitative estimate of drug-likeness (QED) is 0.883. The van der Waals surface area contributed by atoms with Gasteiger partial charge in [0.05, 0.1) is 13.7 Å². The minimum Gasteiger partial charge on any atom is -0.479 e. The Balaban J connectivity index is 1.96. The van der Waals surface area contributed by atoms with Crippen molar-refractivity contribution in [1.82, 2.24) is 19.5 Å². The van der Waals surface area contributed by atoms with Gasteiger partial charge in [-0.2, -0.15) is 4.98 Å². The molecule has 1 atom stereocenters. The van der Waals surface area contributed by atoms with Crippen LogP contribution in [0, 0.1) is 5.92 Å². The lowest BCUT2D eigenvalue weighted by Crippen LogP contribution is -2.22. The van der Waals surface area contributed by atoms with Crippen LogP contribution in [0.2, 0.25) is 0 Å². The van der Waals surface area contributed by atoms with Crippen LogP contribution in [0.4, 0.5) is 5.95 Å². The van der Waals surface area contributed by atoms with Gasteiger partial charge in [0.25, 0.3) is 0 Å². The molecule has 1 fully saturated rings. The van der Waals surface area contributed by atoms with E-state index in [0.29, 0.717) is 23.3 Å². The van der Waals surface area contributed by atoms with Crippen LogP contribution in [-0.4, -0.2) is 39.8 Å². The zero-order chi connectivity index (χ0) is 13.2. The number of ether oxygens (including phenoxy) is 2. The number of methoxy groups -OCH3 is 1. The first-order valence-electron chi connectivity index (χ1n) is 6.38. The van der Waals surface area contributed by atoms with Crippen molar-refractivity contribution in [2.45, 2.75) is 19.4 Å². The summed E-state index contributed by atoms with van der Waals surface area (Å²) >= 11 is 0. The van der Waals surface area contributed by atoms with Gasteiger partial charge in [-0.15, -0.1) is 0 Å². The number of nitrogens with two attached hydrogens (primary N) is 1. The fraction of sp³-hybridized carbons (Fsp3) is 0.583. The normalized spacial score (nSPS) is 19.7. The molecule has 2 aromatic rings. The molecule has 1 aliphatic rings. The van der Waals surface area contributed by atoms with Crippen molar-refractivity contribution < 1.29 is 9.47 Å². The Morgan fingerprint density at radius 3 is 3.16 bits per heavy atom. The largest absolute Gasteiger partial charge is 0.479 e. The summed E-state index contributed by atoms with van der Waals surface area (Å²) in [4.78, 5) is 12.6. The Labute approximate surface area is 110 Å². The van der Waals surface area contributed by atoms with Crippen molar-refractivity contribution >= 4 is 17.1 Å². The van der Waals surface area contributed by atoms with E-state index in [4.69, 9.17) is 15.2 Å². The van der Waals surface area contributed by atoms with Crippen LogP contribution in [0.3, 0.4) is 0 Å². The van der Waals surface area contributed by atoms with Gasteiger partial charge in [0.1, 0.15) is 6.33 Å². The third-order valence-electron chi connectivity index (χ3n) is 3.42. The van der Waals surface area contributed by atoms with E-state index in [-0.39, 0.29) is 0 Å². The molecular formula is C12H17N5O2. The lowest BCUT2D eigenvalue weighted by Gasteiger charge is -2.22. The van der Waals surface area contributed by atoms with E-state index >= 15 is 0 Å². The number of fused-ring (bicyclic) bond motifs is 1. The number of rotatable bonds is 3. The van der Waals surface area contributed by atoms with E-state index in [1.807, 2.05) is 4.57 Å². The molecule has 0 bridgehead atoms. The van der Waals surface area contributed by atoms with Crippen LogP contribution >= 0.6 is 0 Å². The fourth-order valence-corrected chi connectivity index (χ4v) is 2.47. The van der Waals surface area contributed by atoms with Crippen molar-refractivity contribution in [1.29, 1.82) is 0 Å². The summed E-state index contributed by atoms with van der Waals surface area (Å²) < 4.78 is 12.6. The second kappa shape index (κ2) is 5.00. The van der Waals surface area contributed by atoms with E-state index in [9.17, 15) is 0 Å². The van der Waals surface area contributed by atoms with Crippen LogP contribution in [0.15, 0.2) is 6.33 Å². The molecule has 2 aromatic heterocycles. The smallest absolute Gasteiger partial charge is 0.245 e. The Morgan fingerprint density at radius 2 is 2.42 bits per heavy atom. The van der Waals surface area contributed by atoms with Crippen LogP contribution in [0.25, 0.3) is 11.2 Å². The van der Waals surface area contributed by atoms with Crippen molar-refractivity contribution in [2.75, 3.05) is 26.1 Å². The maximum Gasteiger partial charge on any atom is 0.245 e. The highest BCUT2D eigenvalue weighted by Gasteiger charge is 2.20. The topological polar surface area (TPSA) is 88.1 Å². The zero-order valence-corrected chi connectivity index (χ0v) is 10.9. The first-order valence-corrected chi connectivity index (χ1v) is 6.38. The molecule has 0 spiro atoms. The van der Waals surface area contributed by atoms with E-state index in [0.717, 1.165) is 38.2 Å². The first-order chi connectivity index (χ1) is 9.29. The summed E-state index contributed by atoms with van der Waals surface area (Å²) in [6.07, 6.45) is 3.70. The Hall–Kier alpha value is -1.89. The lowest BCUT2D eigenvalue weighted by molar-refractivity contribution is 0.0489. The van der Waals surface area contributed by atoms with Gasteiger partial charge in [0.2, 0.25) is 11.8 Å². The molecule has 0 aromatic carbocycles. The molecule has 0 radical (unpaired) electrons. The summed E-state index contributed by atoms with van der Waals surface area (Å²) in [5.74, 6) is 1.35. The summed E-state index contributed by atoms with van der Waals surface area (Å²) in [6, 6.07) is 0. The van der Waals surface area contributed by atoms with E-state index < -0.39 is 0 Å². The molecule has 1 saturated heterocycles. The molecule has 0 amide bonds. The predicted molar refractivity (Wildman–Crippen MR) is 69.8 cm³/mol. The summed E-state index contributed by atoms with van der Waals surface area (Å²) in [5.41, 5.74) is 7.31. The van der Waals surface area contributed by atoms with Crippen LogP contribution in [0.5, 0.6) is 5.88 Å². The maximum atomic E-state index is 5.98. The zero-order valence-electron chi connectivity index (χ0n) is 10.9. The highest BCUT2D eigenvalue weighted by atomic mass is 16.5. The van der Waals surface area contributed by atoms with Gasteiger partial charge in [0, 0.05) is 19.1 Å². The van der Waals surface area contributed by atoms with Gasteiger partial charge in [-0.05, 0) is 12.8 Å². The molecule has 102 valence electrons. The predicted octanol–water partition coefficient (Wildman–Crippen LogP) is 0.844. The average Bonchev–Trinajstić information content (AvgIpc) is 2.76. The summed E-state index contributed by atoms with van der Waals surface area (Å²) in [5, 5.41) is 0. The van der Waals surface area contributed by atoms with Gasteiger partial charge in [-0.3, -0.25) is 4.57 Å². The number of imidazole rings is 1. The average molecular weight is 263 g/mol. The van der Waals surface area contributed by atoms with Crippen LogP contribution < -0.4 is 10.5 Å². The van der Waals surface area contributed by atoms with Gasteiger partial charge in [0.15, 0.2) is 11.2 Å². The minimum atomic E-state index is 0.444. The Kier molecular flexibility index (Phi) is 3.20.